The lowest BCUT2D eigenvalue weighted by Gasteiger charge is -2.25. The Hall–Kier alpha value is -3.30. The van der Waals surface area contributed by atoms with Crippen molar-refractivity contribution in [2.45, 2.75) is 77.5 Å². The Morgan fingerprint density at radius 3 is 2.29 bits per heavy atom. The van der Waals surface area contributed by atoms with Crippen LogP contribution in [0.25, 0.3) is 0 Å². The smallest absolute Gasteiger partial charge is 0.243 e. The summed E-state index contributed by atoms with van der Waals surface area (Å²) in [6.45, 7) is 7.55. The first-order chi connectivity index (χ1) is 19.4. The van der Waals surface area contributed by atoms with E-state index in [-0.39, 0.29) is 43.2 Å². The van der Waals surface area contributed by atoms with Crippen LogP contribution in [0.2, 0.25) is 0 Å². The number of hydrogen-bond acceptors (Lipinski definition) is 11. The number of aliphatic hydroxyl groups is 2. The van der Waals surface area contributed by atoms with Crippen LogP contribution in [0.15, 0.2) is 30.5 Å². The molecule has 14 heteroatoms. The molecular formula is C27H43N7O6S. The van der Waals surface area contributed by atoms with Gasteiger partial charge >= 0.3 is 0 Å². The molecule has 5 unspecified atom stereocenters. The summed E-state index contributed by atoms with van der Waals surface area (Å²) in [5, 5.41) is 43.6. The molecule has 3 amide bonds. The predicted octanol–water partition coefficient (Wildman–Crippen LogP) is -0.229. The van der Waals surface area contributed by atoms with Crippen molar-refractivity contribution >= 4 is 34.2 Å². The Morgan fingerprint density at radius 1 is 1.05 bits per heavy atom. The van der Waals surface area contributed by atoms with Gasteiger partial charge in [0, 0.05) is 18.8 Å². The highest BCUT2D eigenvalue weighted by Crippen LogP contribution is 2.20. The van der Waals surface area contributed by atoms with Crippen LogP contribution >= 0.6 is 11.3 Å². The number of nitrogens with two attached hydrogens (primary N) is 1. The molecule has 41 heavy (non-hydrogen) atoms. The molecule has 0 aliphatic rings. The summed E-state index contributed by atoms with van der Waals surface area (Å²) < 4.78 is 0. The number of rotatable bonds is 17. The minimum absolute atomic E-state index is 0.0309. The number of carbonyl (C=O) groups excluding carboxylic acids is 3. The number of amides is 3. The summed E-state index contributed by atoms with van der Waals surface area (Å²) in [5.74, 6) is -1.12. The van der Waals surface area contributed by atoms with Gasteiger partial charge in [-0.25, -0.2) is 4.98 Å². The normalized spacial score (nSPS) is 14.9. The van der Waals surface area contributed by atoms with Gasteiger partial charge in [-0.1, -0.05) is 44.2 Å². The second kappa shape index (κ2) is 16.8. The molecule has 0 bridgehead atoms. The van der Waals surface area contributed by atoms with Crippen LogP contribution in [0.3, 0.4) is 0 Å². The monoisotopic (exact) mass is 593 g/mol. The molecule has 2 aromatic rings. The first-order valence-electron chi connectivity index (χ1n) is 13.6. The van der Waals surface area contributed by atoms with Gasteiger partial charge in [-0.2, -0.15) is 0 Å². The van der Waals surface area contributed by atoms with Gasteiger partial charge in [-0.3, -0.25) is 14.4 Å². The molecule has 0 radical (unpaired) electrons. The highest BCUT2D eigenvalue weighted by Gasteiger charge is 2.25. The molecule has 0 spiro atoms. The van der Waals surface area contributed by atoms with Crippen molar-refractivity contribution in [1.29, 1.82) is 0 Å². The maximum absolute atomic E-state index is 12.8. The van der Waals surface area contributed by atoms with Crippen LogP contribution < -0.4 is 32.3 Å². The van der Waals surface area contributed by atoms with Gasteiger partial charge in [0.1, 0.15) is 18.0 Å². The molecule has 0 saturated carbocycles. The number of thiazole rings is 1. The van der Waals surface area contributed by atoms with Gasteiger partial charge in [-0.15, -0.1) is 0 Å². The van der Waals surface area contributed by atoms with Gasteiger partial charge in [0.15, 0.2) is 5.13 Å². The fraction of sp³-hybridized carbons (Fsp3) is 0.556. The molecule has 0 aliphatic carbocycles. The van der Waals surface area contributed by atoms with Crippen LogP contribution in [-0.2, 0) is 27.4 Å². The van der Waals surface area contributed by atoms with E-state index >= 15 is 0 Å². The third-order valence-corrected chi connectivity index (χ3v) is 7.39. The number of anilines is 1. The van der Waals surface area contributed by atoms with Gasteiger partial charge in [0.05, 0.1) is 30.1 Å². The fourth-order valence-electron chi connectivity index (χ4n) is 3.80. The molecular weight excluding hydrogens is 550 g/mol. The minimum atomic E-state index is -1.34. The summed E-state index contributed by atoms with van der Waals surface area (Å²) in [7, 11) is 0. The van der Waals surface area contributed by atoms with E-state index in [0.29, 0.717) is 18.1 Å². The Labute approximate surface area is 244 Å². The number of carbonyl (C=O) groups is 3. The molecule has 0 aliphatic heterocycles. The number of nitrogens with zero attached hydrogens (tertiary/aromatic N) is 1. The van der Waals surface area contributed by atoms with Crippen molar-refractivity contribution in [2.75, 3.05) is 18.4 Å². The molecule has 1 aromatic carbocycles. The molecule has 0 saturated heterocycles. The van der Waals surface area contributed by atoms with Crippen molar-refractivity contribution in [1.82, 2.24) is 26.3 Å². The fourth-order valence-corrected chi connectivity index (χ4v) is 4.53. The molecule has 10 N–H and O–H groups in total. The van der Waals surface area contributed by atoms with E-state index in [0.717, 1.165) is 10.4 Å². The summed E-state index contributed by atoms with van der Waals surface area (Å²) in [6, 6.07) is 3.99. The number of aromatic nitrogens is 1. The van der Waals surface area contributed by atoms with E-state index < -0.39 is 36.2 Å². The lowest BCUT2D eigenvalue weighted by atomic mass is 10.0. The number of aliphatic hydroxyl groups excluding tert-OH is 2. The molecule has 228 valence electrons. The first-order valence-corrected chi connectivity index (χ1v) is 14.4. The van der Waals surface area contributed by atoms with Gasteiger partial charge in [0.25, 0.3) is 0 Å². The van der Waals surface area contributed by atoms with E-state index in [1.54, 1.807) is 32.2 Å². The molecule has 1 heterocycles. The van der Waals surface area contributed by atoms with E-state index in [1.807, 2.05) is 13.8 Å². The largest absolute Gasteiger partial charge is 0.508 e. The van der Waals surface area contributed by atoms with Crippen molar-refractivity contribution in [3.63, 3.8) is 0 Å². The number of benzene rings is 1. The second-order valence-corrected chi connectivity index (χ2v) is 11.3. The van der Waals surface area contributed by atoms with Crippen molar-refractivity contribution < 1.29 is 29.7 Å². The van der Waals surface area contributed by atoms with Crippen LogP contribution in [0.5, 0.6) is 5.75 Å². The van der Waals surface area contributed by atoms with Gasteiger partial charge < -0.3 is 47.6 Å². The number of phenols is 1. The number of hydrogen-bond donors (Lipinski definition) is 9. The van der Waals surface area contributed by atoms with Crippen LogP contribution in [0.1, 0.15) is 44.6 Å². The molecule has 13 nitrogen and oxygen atoms in total. The second-order valence-electron chi connectivity index (χ2n) is 10.1. The zero-order valence-electron chi connectivity index (χ0n) is 23.9. The van der Waals surface area contributed by atoms with Crippen LogP contribution in [0.4, 0.5) is 5.13 Å². The lowest BCUT2D eigenvalue weighted by molar-refractivity contribution is -0.131. The Morgan fingerprint density at radius 2 is 1.73 bits per heavy atom. The maximum atomic E-state index is 12.8. The molecule has 0 fully saturated rings. The standard InChI is InChI=1S/C27H43N7O6S/c1-5-20(26(40)30-13-23(37)32-21(24(28)38)10-17-6-8-18(36)9-7-17)33-25(39)16(4)29-12-22(15(2)3)34-27-31-11-19(14-35)41-27/h6-9,11,15-16,20-22,24,29,35-36,38H,5,10,12-14,28H2,1-4H3,(H,30,40)(H,31,34)(H,32,37)(H,33,39). The zero-order chi connectivity index (χ0) is 30.5. The Bertz CT molecular complexity index is 1110. The Balaban J connectivity index is 1.82. The third kappa shape index (κ3) is 11.6. The summed E-state index contributed by atoms with van der Waals surface area (Å²) in [6.07, 6.45) is 0.803. The van der Waals surface area contributed by atoms with Gasteiger partial charge in [0.2, 0.25) is 17.7 Å². The van der Waals surface area contributed by atoms with Crippen molar-refractivity contribution in [2.24, 2.45) is 11.7 Å². The minimum Gasteiger partial charge on any atom is -0.508 e. The third-order valence-electron chi connectivity index (χ3n) is 6.48. The molecule has 5 atom stereocenters. The van der Waals surface area contributed by atoms with Gasteiger partial charge in [-0.05, 0) is 43.4 Å². The van der Waals surface area contributed by atoms with Crippen LogP contribution in [0, 0.1) is 5.92 Å². The van der Waals surface area contributed by atoms with Crippen molar-refractivity contribution in [3.8, 4) is 5.75 Å². The van der Waals surface area contributed by atoms with E-state index in [2.05, 4.69) is 31.6 Å². The molecule has 1 aromatic heterocycles. The van der Waals surface area contributed by atoms with E-state index in [4.69, 9.17) is 5.73 Å². The highest BCUT2D eigenvalue weighted by molar-refractivity contribution is 7.15. The van der Waals surface area contributed by atoms with Crippen molar-refractivity contribution in [3.05, 3.63) is 40.9 Å². The summed E-state index contributed by atoms with van der Waals surface area (Å²) in [4.78, 5) is 43.0. The first kappa shape index (κ1) is 33.9. The topological polar surface area (TPSA) is 211 Å². The lowest BCUT2D eigenvalue weighted by Crippen LogP contribution is -2.55. The number of aromatic hydroxyl groups is 1. The predicted molar refractivity (Wildman–Crippen MR) is 157 cm³/mol. The van der Waals surface area contributed by atoms with E-state index in [1.165, 1.54) is 23.5 Å². The maximum Gasteiger partial charge on any atom is 0.243 e. The average Bonchev–Trinajstić information content (AvgIpc) is 3.40. The quantitative estimate of drug-likeness (QED) is 0.110. The SMILES string of the molecule is CCC(NC(=O)C(C)NCC(Nc1ncc(CO)s1)C(C)C)C(=O)NCC(=O)NC(Cc1ccc(O)cc1)C(N)O. The highest BCUT2D eigenvalue weighted by atomic mass is 32.1. The Kier molecular flexibility index (Phi) is 13.9. The number of phenolic OH excluding ortho intramolecular Hbond substituents is 1. The zero-order valence-corrected chi connectivity index (χ0v) is 24.7. The van der Waals surface area contributed by atoms with E-state index in [9.17, 15) is 29.7 Å². The number of nitrogens with one attached hydrogen (secondary N) is 5. The van der Waals surface area contributed by atoms with Crippen LogP contribution in [-0.4, -0.2) is 81.5 Å². The summed E-state index contributed by atoms with van der Waals surface area (Å²) >= 11 is 1.37. The average molecular weight is 594 g/mol. The summed E-state index contributed by atoms with van der Waals surface area (Å²) in [5.41, 5.74) is 6.35. The molecule has 2 rings (SSSR count).